The van der Waals surface area contributed by atoms with Gasteiger partial charge in [-0.2, -0.15) is 0 Å². The predicted octanol–water partition coefficient (Wildman–Crippen LogP) is 3.80. The standard InChI is InChI=1S/C13H9BrN2O4/c14-9-3-6-12(16(19)20)11(7-9)15-10-4-1-8(2-5-10)13(17)18/h1-7,15H,(H,17,18). The molecule has 0 aliphatic rings. The molecule has 0 saturated heterocycles. The molecule has 0 spiro atoms. The van der Waals surface area contributed by atoms with Gasteiger partial charge in [-0.15, -0.1) is 0 Å². The van der Waals surface area contributed by atoms with Crippen molar-refractivity contribution < 1.29 is 14.8 Å². The molecular formula is C13H9BrN2O4. The molecule has 0 radical (unpaired) electrons. The first-order chi connectivity index (χ1) is 9.47. The fraction of sp³-hybridized carbons (Fsp3) is 0. The van der Waals surface area contributed by atoms with E-state index >= 15 is 0 Å². The molecule has 0 unspecified atom stereocenters. The molecule has 102 valence electrons. The van der Waals surface area contributed by atoms with Crippen molar-refractivity contribution in [3.8, 4) is 0 Å². The molecule has 6 nitrogen and oxygen atoms in total. The van der Waals surface area contributed by atoms with Gasteiger partial charge in [-0.25, -0.2) is 4.79 Å². The van der Waals surface area contributed by atoms with Crippen LogP contribution in [0.5, 0.6) is 0 Å². The molecule has 20 heavy (non-hydrogen) atoms. The van der Waals surface area contributed by atoms with E-state index in [9.17, 15) is 14.9 Å². The third-order valence-electron chi connectivity index (χ3n) is 2.57. The van der Waals surface area contributed by atoms with Gasteiger partial charge in [-0.05, 0) is 36.4 Å². The molecule has 2 aromatic rings. The number of rotatable bonds is 4. The van der Waals surface area contributed by atoms with Gasteiger partial charge in [0.2, 0.25) is 0 Å². The maximum atomic E-state index is 10.9. The first kappa shape index (κ1) is 14.0. The van der Waals surface area contributed by atoms with Gasteiger partial charge in [0.05, 0.1) is 10.5 Å². The number of benzene rings is 2. The summed E-state index contributed by atoms with van der Waals surface area (Å²) in [6.07, 6.45) is 0. The van der Waals surface area contributed by atoms with E-state index in [0.717, 1.165) is 0 Å². The Labute approximate surface area is 122 Å². The van der Waals surface area contributed by atoms with Crippen LogP contribution >= 0.6 is 15.9 Å². The zero-order chi connectivity index (χ0) is 14.7. The second-order valence-electron chi connectivity index (χ2n) is 3.93. The number of hydrogen-bond acceptors (Lipinski definition) is 4. The molecule has 0 amide bonds. The van der Waals surface area contributed by atoms with Crippen LogP contribution in [0.4, 0.5) is 17.1 Å². The monoisotopic (exact) mass is 336 g/mol. The summed E-state index contributed by atoms with van der Waals surface area (Å²) in [5.74, 6) is -1.02. The molecule has 2 aromatic carbocycles. The molecule has 0 saturated carbocycles. The number of hydrogen-bond donors (Lipinski definition) is 2. The number of nitrogens with one attached hydrogen (secondary N) is 1. The van der Waals surface area contributed by atoms with Gasteiger partial charge in [0.25, 0.3) is 5.69 Å². The van der Waals surface area contributed by atoms with E-state index in [-0.39, 0.29) is 11.3 Å². The Balaban J connectivity index is 2.31. The lowest BCUT2D eigenvalue weighted by Crippen LogP contribution is -1.99. The SMILES string of the molecule is O=C(O)c1ccc(Nc2cc(Br)ccc2[N+](=O)[O-])cc1. The van der Waals surface area contributed by atoms with Gasteiger partial charge in [0.1, 0.15) is 5.69 Å². The summed E-state index contributed by atoms with van der Waals surface area (Å²) in [4.78, 5) is 21.2. The summed E-state index contributed by atoms with van der Waals surface area (Å²) >= 11 is 3.25. The first-order valence-electron chi connectivity index (χ1n) is 5.51. The normalized spacial score (nSPS) is 10.1. The van der Waals surface area contributed by atoms with E-state index in [0.29, 0.717) is 15.8 Å². The van der Waals surface area contributed by atoms with Crippen LogP contribution < -0.4 is 5.32 Å². The Bertz CT molecular complexity index is 671. The van der Waals surface area contributed by atoms with E-state index in [2.05, 4.69) is 21.2 Å². The molecule has 0 aromatic heterocycles. The Morgan fingerprint density at radius 1 is 1.20 bits per heavy atom. The van der Waals surface area contributed by atoms with E-state index in [1.165, 1.54) is 18.2 Å². The van der Waals surface area contributed by atoms with Gasteiger partial charge < -0.3 is 10.4 Å². The second kappa shape index (κ2) is 5.70. The van der Waals surface area contributed by atoms with Crippen LogP contribution in [-0.2, 0) is 0 Å². The molecule has 0 aliphatic carbocycles. The average molecular weight is 337 g/mol. The van der Waals surface area contributed by atoms with Gasteiger partial charge >= 0.3 is 5.97 Å². The van der Waals surface area contributed by atoms with E-state index in [1.807, 2.05) is 0 Å². The highest BCUT2D eigenvalue weighted by Crippen LogP contribution is 2.30. The third-order valence-corrected chi connectivity index (χ3v) is 3.06. The number of carboxylic acid groups (broad SMARTS) is 1. The molecule has 0 aliphatic heterocycles. The molecule has 0 heterocycles. The fourth-order valence-corrected chi connectivity index (χ4v) is 1.98. The zero-order valence-electron chi connectivity index (χ0n) is 10.0. The minimum absolute atomic E-state index is 0.0597. The van der Waals surface area contributed by atoms with Crippen molar-refractivity contribution in [2.45, 2.75) is 0 Å². The van der Waals surface area contributed by atoms with Gasteiger partial charge in [0, 0.05) is 16.2 Å². The van der Waals surface area contributed by atoms with Crippen molar-refractivity contribution in [3.63, 3.8) is 0 Å². The van der Waals surface area contributed by atoms with Crippen LogP contribution in [-0.4, -0.2) is 16.0 Å². The van der Waals surface area contributed by atoms with Crippen molar-refractivity contribution in [2.24, 2.45) is 0 Å². The molecule has 0 bridgehead atoms. The lowest BCUT2D eigenvalue weighted by Gasteiger charge is -2.08. The number of carboxylic acids is 1. The van der Waals surface area contributed by atoms with Crippen LogP contribution in [0.1, 0.15) is 10.4 Å². The maximum Gasteiger partial charge on any atom is 0.335 e. The lowest BCUT2D eigenvalue weighted by atomic mass is 10.2. The van der Waals surface area contributed by atoms with Gasteiger partial charge in [-0.1, -0.05) is 15.9 Å². The van der Waals surface area contributed by atoms with Crippen molar-refractivity contribution in [2.75, 3.05) is 5.32 Å². The van der Waals surface area contributed by atoms with E-state index in [4.69, 9.17) is 5.11 Å². The highest BCUT2D eigenvalue weighted by molar-refractivity contribution is 9.10. The van der Waals surface area contributed by atoms with Crippen molar-refractivity contribution in [3.05, 3.63) is 62.6 Å². The predicted molar refractivity (Wildman–Crippen MR) is 77.5 cm³/mol. The number of carbonyl (C=O) groups is 1. The van der Waals surface area contributed by atoms with Crippen molar-refractivity contribution in [1.82, 2.24) is 0 Å². The molecule has 2 N–H and O–H groups in total. The highest BCUT2D eigenvalue weighted by Gasteiger charge is 2.14. The maximum absolute atomic E-state index is 10.9. The molecule has 0 fully saturated rings. The Kier molecular flexibility index (Phi) is 3.99. The zero-order valence-corrected chi connectivity index (χ0v) is 11.6. The van der Waals surface area contributed by atoms with Crippen LogP contribution in [0.15, 0.2) is 46.9 Å². The van der Waals surface area contributed by atoms with Crippen molar-refractivity contribution in [1.29, 1.82) is 0 Å². The van der Waals surface area contributed by atoms with Crippen LogP contribution in [0, 0.1) is 10.1 Å². The van der Waals surface area contributed by atoms with Crippen LogP contribution in [0.3, 0.4) is 0 Å². The molecule has 0 atom stereocenters. The quantitative estimate of drug-likeness (QED) is 0.654. The summed E-state index contributed by atoms with van der Waals surface area (Å²) in [6, 6.07) is 10.5. The molecular weight excluding hydrogens is 328 g/mol. The first-order valence-corrected chi connectivity index (χ1v) is 6.31. The molecule has 7 heteroatoms. The van der Waals surface area contributed by atoms with Gasteiger partial charge in [0.15, 0.2) is 0 Å². The van der Waals surface area contributed by atoms with Gasteiger partial charge in [-0.3, -0.25) is 10.1 Å². The second-order valence-corrected chi connectivity index (χ2v) is 4.84. The summed E-state index contributed by atoms with van der Waals surface area (Å²) < 4.78 is 0.702. The highest BCUT2D eigenvalue weighted by atomic mass is 79.9. The Hall–Kier alpha value is -2.41. The summed E-state index contributed by atoms with van der Waals surface area (Å²) in [7, 11) is 0. The summed E-state index contributed by atoms with van der Waals surface area (Å²) in [5.41, 5.74) is 0.985. The number of anilines is 2. The van der Waals surface area contributed by atoms with E-state index < -0.39 is 10.9 Å². The number of nitro benzene ring substituents is 1. The fourth-order valence-electron chi connectivity index (χ4n) is 1.62. The van der Waals surface area contributed by atoms with E-state index in [1.54, 1.807) is 24.3 Å². The Morgan fingerprint density at radius 3 is 2.40 bits per heavy atom. The van der Waals surface area contributed by atoms with Crippen LogP contribution in [0.2, 0.25) is 0 Å². The Morgan fingerprint density at radius 2 is 1.85 bits per heavy atom. The number of halogens is 1. The molecule has 2 rings (SSSR count). The minimum atomic E-state index is -1.02. The van der Waals surface area contributed by atoms with Crippen LogP contribution in [0.25, 0.3) is 0 Å². The number of nitro groups is 1. The number of nitrogens with zero attached hydrogens (tertiary/aromatic N) is 1. The third kappa shape index (κ3) is 3.12. The largest absolute Gasteiger partial charge is 0.478 e. The average Bonchev–Trinajstić information content (AvgIpc) is 2.39. The lowest BCUT2D eigenvalue weighted by molar-refractivity contribution is -0.383. The summed E-state index contributed by atoms with van der Waals surface area (Å²) in [5, 5.41) is 22.6. The summed E-state index contributed by atoms with van der Waals surface area (Å²) in [6.45, 7) is 0. The smallest absolute Gasteiger partial charge is 0.335 e. The van der Waals surface area contributed by atoms with Crippen molar-refractivity contribution >= 4 is 39.0 Å². The minimum Gasteiger partial charge on any atom is -0.478 e. The topological polar surface area (TPSA) is 92.5 Å². The number of aromatic carboxylic acids is 1.